The van der Waals surface area contributed by atoms with Crippen LogP contribution in [-0.2, 0) is 25.5 Å². The van der Waals surface area contributed by atoms with E-state index < -0.39 is 35.2 Å². The van der Waals surface area contributed by atoms with Gasteiger partial charge in [-0.25, -0.2) is 0 Å². The highest BCUT2D eigenvalue weighted by Gasteiger charge is 2.65. The summed E-state index contributed by atoms with van der Waals surface area (Å²) in [5.74, 6) is -3.78. The minimum atomic E-state index is -1.64. The fourth-order valence-electron chi connectivity index (χ4n) is 7.67. The number of allylic oxidation sites excluding steroid dienone is 1. The maximum atomic E-state index is 14.3. The van der Waals surface area contributed by atoms with Gasteiger partial charge in [-0.1, -0.05) is 13.8 Å². The van der Waals surface area contributed by atoms with E-state index in [1.54, 1.807) is 25.1 Å². The Balaban J connectivity index is 1.94. The number of benzene rings is 1. The second kappa shape index (κ2) is 11.0. The van der Waals surface area contributed by atoms with Crippen molar-refractivity contribution in [2.45, 2.75) is 58.2 Å². The molecule has 0 heterocycles. The fourth-order valence-corrected chi connectivity index (χ4v) is 7.67. The molecule has 0 radical (unpaired) electrons. The van der Waals surface area contributed by atoms with Gasteiger partial charge in [-0.05, 0) is 82.4 Å². The quantitative estimate of drug-likeness (QED) is 0.406. The summed E-state index contributed by atoms with van der Waals surface area (Å²) in [4.78, 5) is 44.3. The molecule has 4 N–H and O–H groups in total. The van der Waals surface area contributed by atoms with E-state index in [2.05, 4.69) is 32.7 Å². The fraction of sp³-hybridized carbons (Fsp3) is 0.613. The number of phenolic OH excluding ortho intramolecular Hbond substituents is 1. The number of methoxy groups -OCH3 is 2. The van der Waals surface area contributed by atoms with Gasteiger partial charge in [0, 0.05) is 31.2 Å². The van der Waals surface area contributed by atoms with E-state index in [4.69, 9.17) is 20.6 Å². The van der Waals surface area contributed by atoms with E-state index in [-0.39, 0.29) is 40.5 Å². The van der Waals surface area contributed by atoms with Gasteiger partial charge in [-0.15, -0.1) is 0 Å². The van der Waals surface area contributed by atoms with Crippen LogP contribution in [0.1, 0.15) is 60.3 Å². The van der Waals surface area contributed by atoms with Gasteiger partial charge in [-0.2, -0.15) is 0 Å². The molecule has 41 heavy (non-hydrogen) atoms. The second-order valence-corrected chi connectivity index (χ2v) is 12.5. The molecule has 6 atom stereocenters. The van der Waals surface area contributed by atoms with Gasteiger partial charge in [0.15, 0.2) is 17.2 Å². The number of nitrogens with zero attached hydrogens (tertiary/aromatic N) is 2. The van der Waals surface area contributed by atoms with Crippen molar-refractivity contribution in [3.8, 4) is 5.75 Å². The lowest BCUT2D eigenvalue weighted by atomic mass is 9.55. The van der Waals surface area contributed by atoms with Crippen molar-refractivity contribution >= 4 is 23.2 Å². The number of hydrogen-bond acceptors (Lipinski definition) is 9. The molecular formula is C31H44N4O6. The first kappa shape index (κ1) is 30.9. The Bertz CT molecular complexity index is 1330. The highest BCUT2D eigenvalue weighted by molar-refractivity contribution is 6.26. The molecule has 3 aliphatic carbocycles. The number of nitrogens with two attached hydrogens (primary N) is 1. The topological polar surface area (TPSA) is 146 Å². The van der Waals surface area contributed by atoms with Crippen molar-refractivity contribution in [2.75, 3.05) is 41.9 Å². The Morgan fingerprint density at radius 2 is 1.85 bits per heavy atom. The van der Waals surface area contributed by atoms with Crippen LogP contribution < -0.4 is 5.73 Å². The van der Waals surface area contributed by atoms with E-state index in [1.807, 2.05) is 6.92 Å². The van der Waals surface area contributed by atoms with Crippen molar-refractivity contribution in [1.29, 1.82) is 5.41 Å². The number of likely N-dealkylation sites (N-methyl/N-ethyl adjacent to an activating group) is 1. The number of nitrogens with one attached hydrogen (secondary N) is 1. The highest BCUT2D eigenvalue weighted by Crippen LogP contribution is 2.54. The molecule has 10 nitrogen and oxygen atoms in total. The van der Waals surface area contributed by atoms with Gasteiger partial charge in [0.2, 0.25) is 5.91 Å². The molecule has 3 aliphatic rings. The predicted molar refractivity (Wildman–Crippen MR) is 155 cm³/mol. The number of amides is 1. The molecule has 0 saturated heterocycles. The first-order valence-corrected chi connectivity index (χ1v) is 14.2. The van der Waals surface area contributed by atoms with Crippen LogP contribution in [0.25, 0.3) is 0 Å². The number of ketones is 2. The van der Waals surface area contributed by atoms with E-state index in [0.717, 1.165) is 23.2 Å². The summed E-state index contributed by atoms with van der Waals surface area (Å²) >= 11 is 0. The summed E-state index contributed by atoms with van der Waals surface area (Å²) < 4.78 is 11.9. The number of carbonyl (C=O) groups excluding carboxylic acids is 3. The Kier molecular flexibility index (Phi) is 8.25. The summed E-state index contributed by atoms with van der Waals surface area (Å²) in [6.07, 6.45) is 0.797. The van der Waals surface area contributed by atoms with Crippen molar-refractivity contribution in [2.24, 2.45) is 29.4 Å². The van der Waals surface area contributed by atoms with Crippen molar-refractivity contribution in [3.63, 3.8) is 0 Å². The number of aromatic hydroxyl groups is 1. The number of fused-ring (bicyclic) bond motifs is 3. The highest BCUT2D eigenvalue weighted by atomic mass is 16.5. The first-order valence-electron chi connectivity index (χ1n) is 14.2. The minimum absolute atomic E-state index is 0.0166. The van der Waals surface area contributed by atoms with Crippen LogP contribution in [0.4, 0.5) is 0 Å². The summed E-state index contributed by atoms with van der Waals surface area (Å²) in [5.41, 5.74) is 6.93. The third-order valence-electron chi connectivity index (χ3n) is 9.49. The number of phenols is 1. The standard InChI is InChI=1S/C31H44N4O6/c1-14(2)13-35(7)16(4)18-12-21(36)23-19(15(18)3)10-17-11-20-25(34(5)6)27(38)24(30(33)39)28(32)31(20,41-9)29(40-8)22(17)26(23)37/h12,14,16-17,20,24-25,32,36H,10-11,13H2,1-9H3,(H2,33,39). The zero-order valence-corrected chi connectivity index (χ0v) is 25.6. The lowest BCUT2D eigenvalue weighted by Crippen LogP contribution is -2.70. The minimum Gasteiger partial charge on any atom is -0.507 e. The van der Waals surface area contributed by atoms with E-state index in [9.17, 15) is 19.5 Å². The molecule has 1 aromatic carbocycles. The predicted octanol–water partition coefficient (Wildman–Crippen LogP) is 2.64. The number of ether oxygens (including phenoxy) is 2. The maximum absolute atomic E-state index is 14.3. The van der Waals surface area contributed by atoms with Crippen LogP contribution in [0.5, 0.6) is 5.75 Å². The number of primary amides is 1. The van der Waals surface area contributed by atoms with Crippen molar-refractivity contribution in [3.05, 3.63) is 39.7 Å². The van der Waals surface area contributed by atoms with Crippen molar-refractivity contribution < 1.29 is 29.0 Å². The third-order valence-corrected chi connectivity index (χ3v) is 9.49. The molecule has 4 rings (SSSR count). The lowest BCUT2D eigenvalue weighted by molar-refractivity contribution is -0.143. The van der Waals surface area contributed by atoms with Crippen LogP contribution in [0.15, 0.2) is 17.4 Å². The van der Waals surface area contributed by atoms with Crippen LogP contribution in [-0.4, -0.2) is 91.6 Å². The second-order valence-electron chi connectivity index (χ2n) is 12.5. The van der Waals surface area contributed by atoms with Gasteiger partial charge >= 0.3 is 0 Å². The number of Topliss-reactive ketones (excluding diaryl/α,β-unsaturated/α-hetero) is 2. The largest absolute Gasteiger partial charge is 0.507 e. The average Bonchev–Trinajstić information content (AvgIpc) is 2.88. The van der Waals surface area contributed by atoms with Gasteiger partial charge in [-0.3, -0.25) is 24.2 Å². The summed E-state index contributed by atoms with van der Waals surface area (Å²) in [5, 5.41) is 20.3. The monoisotopic (exact) mass is 568 g/mol. The van der Waals surface area contributed by atoms with E-state index in [0.29, 0.717) is 24.3 Å². The van der Waals surface area contributed by atoms with Gasteiger partial charge in [0.1, 0.15) is 17.4 Å². The van der Waals surface area contributed by atoms with Crippen LogP contribution in [0.2, 0.25) is 0 Å². The van der Waals surface area contributed by atoms with Gasteiger partial charge in [0.25, 0.3) is 0 Å². The van der Waals surface area contributed by atoms with Crippen LogP contribution in [0, 0.1) is 36.0 Å². The third kappa shape index (κ3) is 4.51. The first-order chi connectivity index (χ1) is 19.1. The van der Waals surface area contributed by atoms with E-state index >= 15 is 0 Å². The molecule has 1 saturated carbocycles. The normalized spacial score (nSPS) is 28.6. The van der Waals surface area contributed by atoms with E-state index in [1.165, 1.54) is 14.2 Å². The zero-order chi connectivity index (χ0) is 30.7. The maximum Gasteiger partial charge on any atom is 0.233 e. The molecule has 10 heteroatoms. The Hall–Kier alpha value is -3.08. The molecule has 1 amide bonds. The number of hydrogen-bond donors (Lipinski definition) is 3. The average molecular weight is 569 g/mol. The summed E-state index contributed by atoms with van der Waals surface area (Å²) in [6.45, 7) is 9.29. The summed E-state index contributed by atoms with van der Waals surface area (Å²) in [6, 6.07) is 0.906. The molecule has 1 aromatic rings. The summed E-state index contributed by atoms with van der Waals surface area (Å²) in [7, 11) is 8.34. The Morgan fingerprint density at radius 1 is 1.22 bits per heavy atom. The van der Waals surface area contributed by atoms with Crippen LogP contribution in [0.3, 0.4) is 0 Å². The molecule has 224 valence electrons. The molecule has 0 spiro atoms. The van der Waals surface area contributed by atoms with Gasteiger partial charge < -0.3 is 25.7 Å². The molecule has 0 bridgehead atoms. The number of rotatable bonds is 8. The van der Waals surface area contributed by atoms with Crippen LogP contribution >= 0.6 is 0 Å². The Labute approximate surface area is 242 Å². The van der Waals surface area contributed by atoms with Gasteiger partial charge in [0.05, 0.1) is 24.4 Å². The number of carbonyl (C=O) groups is 3. The molecule has 6 unspecified atom stereocenters. The Morgan fingerprint density at radius 3 is 2.37 bits per heavy atom. The smallest absolute Gasteiger partial charge is 0.233 e. The SMILES string of the molecule is COC1=C2C(=O)c3c(O)cc(C(C)N(C)CC(C)C)c(C)c3CC2CC2C(N(C)C)C(=O)C(C(N)=O)C(=N)C12OC. The molecule has 1 fully saturated rings. The van der Waals surface area contributed by atoms with Crippen molar-refractivity contribution in [1.82, 2.24) is 9.80 Å². The lowest BCUT2D eigenvalue weighted by Gasteiger charge is -2.54. The molecule has 0 aliphatic heterocycles. The molecular weight excluding hydrogens is 524 g/mol. The zero-order valence-electron chi connectivity index (χ0n) is 25.6. The molecule has 0 aromatic heterocycles.